The van der Waals surface area contributed by atoms with Crippen LogP contribution in [0, 0.1) is 10.1 Å². The molecule has 1 aliphatic heterocycles. The van der Waals surface area contributed by atoms with E-state index in [0.29, 0.717) is 31.0 Å². The van der Waals surface area contributed by atoms with E-state index in [1.165, 1.54) is 4.68 Å². The van der Waals surface area contributed by atoms with Crippen LogP contribution in [0.4, 0.5) is 11.5 Å². The smallest absolute Gasteiger partial charge is 0.334 e. The van der Waals surface area contributed by atoms with Crippen LogP contribution >= 0.6 is 0 Å². The van der Waals surface area contributed by atoms with Crippen molar-refractivity contribution in [2.45, 2.75) is 25.9 Å². The lowest BCUT2D eigenvalue weighted by Gasteiger charge is -2.47. The van der Waals surface area contributed by atoms with Crippen molar-refractivity contribution in [1.82, 2.24) is 9.78 Å². The number of rotatable bonds is 6. The molecule has 9 nitrogen and oxygen atoms in total. The van der Waals surface area contributed by atoms with Gasteiger partial charge in [-0.2, -0.15) is 5.10 Å². The molecule has 9 heteroatoms. The molecule has 21 heavy (non-hydrogen) atoms. The zero-order chi connectivity index (χ0) is 15.8. The standard InChI is InChI=1S/C12H18N4O5/c1-4-8-10(16(19)20)11(14(3)13-8)15-6-12(2,7-15)21-5-9(17)18/h4-7H2,1-3H3,(H,17,18). The van der Waals surface area contributed by atoms with E-state index >= 15 is 0 Å². The third-order valence-corrected chi connectivity index (χ3v) is 3.47. The van der Waals surface area contributed by atoms with E-state index in [1.807, 2.05) is 6.92 Å². The molecule has 0 amide bonds. The first-order valence-electron chi connectivity index (χ1n) is 6.58. The first kappa shape index (κ1) is 15.2. The SMILES string of the molecule is CCc1nn(C)c(N2CC(C)(OCC(=O)O)C2)c1[N+](=O)[O-]. The fourth-order valence-electron chi connectivity index (χ4n) is 2.58. The Morgan fingerprint density at radius 1 is 1.57 bits per heavy atom. The van der Waals surface area contributed by atoms with Gasteiger partial charge in [-0.05, 0) is 13.3 Å². The molecule has 1 saturated heterocycles. The number of anilines is 1. The van der Waals surface area contributed by atoms with Crippen LogP contribution in [0.2, 0.25) is 0 Å². The average Bonchev–Trinajstić information content (AvgIpc) is 2.69. The fourth-order valence-corrected chi connectivity index (χ4v) is 2.58. The van der Waals surface area contributed by atoms with Gasteiger partial charge in [0.25, 0.3) is 0 Å². The summed E-state index contributed by atoms with van der Waals surface area (Å²) in [5, 5.41) is 24.1. The minimum atomic E-state index is -1.03. The molecule has 0 atom stereocenters. The summed E-state index contributed by atoms with van der Waals surface area (Å²) in [6.45, 7) is 4.01. The van der Waals surface area contributed by atoms with Gasteiger partial charge in [-0.3, -0.25) is 10.1 Å². The Hall–Kier alpha value is -2.16. The normalized spacial score (nSPS) is 16.6. The summed E-state index contributed by atoms with van der Waals surface area (Å²) in [4.78, 5) is 23.1. The highest BCUT2D eigenvalue weighted by Crippen LogP contribution is 2.37. The molecule has 2 heterocycles. The number of hydrogen-bond donors (Lipinski definition) is 1. The summed E-state index contributed by atoms with van der Waals surface area (Å²) in [5.74, 6) is -0.595. The van der Waals surface area contributed by atoms with Crippen molar-refractivity contribution in [2.24, 2.45) is 7.05 Å². The highest BCUT2D eigenvalue weighted by molar-refractivity contribution is 5.68. The molecular weight excluding hydrogens is 280 g/mol. The predicted octanol–water partition coefficient (Wildman–Crippen LogP) is 0.571. The van der Waals surface area contributed by atoms with Crippen molar-refractivity contribution in [1.29, 1.82) is 0 Å². The largest absolute Gasteiger partial charge is 0.480 e. The summed E-state index contributed by atoms with van der Waals surface area (Å²) >= 11 is 0. The van der Waals surface area contributed by atoms with Gasteiger partial charge in [0.15, 0.2) is 0 Å². The fraction of sp³-hybridized carbons (Fsp3) is 0.667. The number of nitrogens with zero attached hydrogens (tertiary/aromatic N) is 4. The van der Waals surface area contributed by atoms with Crippen molar-refractivity contribution in [3.63, 3.8) is 0 Å². The summed E-state index contributed by atoms with van der Waals surface area (Å²) in [6, 6.07) is 0. The number of hydrogen-bond acceptors (Lipinski definition) is 6. The highest BCUT2D eigenvalue weighted by Gasteiger charge is 2.44. The molecule has 0 aliphatic carbocycles. The molecule has 116 valence electrons. The first-order chi connectivity index (χ1) is 9.77. The van der Waals surface area contributed by atoms with Gasteiger partial charge in [-0.1, -0.05) is 6.92 Å². The van der Waals surface area contributed by atoms with Gasteiger partial charge in [0.2, 0.25) is 5.82 Å². The van der Waals surface area contributed by atoms with Crippen LogP contribution in [0.3, 0.4) is 0 Å². The lowest BCUT2D eigenvalue weighted by atomic mass is 9.96. The van der Waals surface area contributed by atoms with Crippen molar-refractivity contribution in [2.75, 3.05) is 24.6 Å². The van der Waals surface area contributed by atoms with E-state index in [2.05, 4.69) is 5.10 Å². The van der Waals surface area contributed by atoms with Gasteiger partial charge >= 0.3 is 11.7 Å². The molecule has 0 spiro atoms. The maximum Gasteiger partial charge on any atom is 0.334 e. The van der Waals surface area contributed by atoms with E-state index in [1.54, 1.807) is 18.9 Å². The first-order valence-corrected chi connectivity index (χ1v) is 6.58. The molecule has 0 saturated carbocycles. The lowest BCUT2D eigenvalue weighted by Crippen LogP contribution is -2.62. The van der Waals surface area contributed by atoms with Crippen LogP contribution in [0.15, 0.2) is 0 Å². The summed E-state index contributed by atoms with van der Waals surface area (Å²) < 4.78 is 6.81. The molecular formula is C12H18N4O5. The topological polar surface area (TPSA) is 111 Å². The van der Waals surface area contributed by atoms with E-state index in [0.717, 1.165) is 0 Å². The van der Waals surface area contributed by atoms with Gasteiger partial charge in [0, 0.05) is 7.05 Å². The second-order valence-corrected chi connectivity index (χ2v) is 5.34. The summed E-state index contributed by atoms with van der Waals surface area (Å²) in [7, 11) is 1.66. The van der Waals surface area contributed by atoms with Gasteiger partial charge in [0.1, 0.15) is 17.9 Å². The maximum atomic E-state index is 11.3. The number of carbonyl (C=O) groups is 1. The summed E-state index contributed by atoms with van der Waals surface area (Å²) in [5.41, 5.74) is -0.152. The molecule has 1 N–H and O–H groups in total. The molecule has 1 aromatic heterocycles. The predicted molar refractivity (Wildman–Crippen MR) is 73.4 cm³/mol. The number of carboxylic acids is 1. The van der Waals surface area contributed by atoms with Crippen LogP contribution in [0.25, 0.3) is 0 Å². The van der Waals surface area contributed by atoms with Crippen molar-refractivity contribution >= 4 is 17.5 Å². The van der Waals surface area contributed by atoms with Crippen molar-refractivity contribution in [3.8, 4) is 0 Å². The molecule has 2 rings (SSSR count). The number of carboxylic acid groups (broad SMARTS) is 1. The van der Waals surface area contributed by atoms with Crippen LogP contribution in [-0.4, -0.2) is 51.1 Å². The van der Waals surface area contributed by atoms with E-state index in [9.17, 15) is 14.9 Å². The second-order valence-electron chi connectivity index (χ2n) is 5.34. The third kappa shape index (κ3) is 2.82. The molecule has 0 unspecified atom stereocenters. The maximum absolute atomic E-state index is 11.3. The Labute approximate surface area is 121 Å². The summed E-state index contributed by atoms with van der Waals surface area (Å²) in [6.07, 6.45) is 0.477. The number of nitro groups is 1. The zero-order valence-corrected chi connectivity index (χ0v) is 12.2. The molecule has 1 aliphatic rings. The third-order valence-electron chi connectivity index (χ3n) is 3.47. The van der Waals surface area contributed by atoms with Crippen LogP contribution in [0.5, 0.6) is 0 Å². The van der Waals surface area contributed by atoms with Gasteiger partial charge in [-0.25, -0.2) is 9.48 Å². The Bertz CT molecular complexity index is 576. The van der Waals surface area contributed by atoms with Crippen molar-refractivity contribution in [3.05, 3.63) is 15.8 Å². The number of aliphatic carboxylic acids is 1. The Morgan fingerprint density at radius 3 is 2.67 bits per heavy atom. The van der Waals surface area contributed by atoms with Crippen LogP contribution < -0.4 is 4.90 Å². The monoisotopic (exact) mass is 298 g/mol. The quantitative estimate of drug-likeness (QED) is 0.603. The number of aryl methyl sites for hydroxylation is 2. The molecule has 0 radical (unpaired) electrons. The van der Waals surface area contributed by atoms with E-state index in [4.69, 9.17) is 9.84 Å². The minimum absolute atomic E-state index is 0.0142. The minimum Gasteiger partial charge on any atom is -0.480 e. The van der Waals surface area contributed by atoms with Crippen molar-refractivity contribution < 1.29 is 19.6 Å². The Kier molecular flexibility index (Phi) is 3.86. The molecule has 1 fully saturated rings. The second kappa shape index (κ2) is 5.32. The Morgan fingerprint density at radius 2 is 2.19 bits per heavy atom. The lowest BCUT2D eigenvalue weighted by molar-refractivity contribution is -0.385. The molecule has 1 aromatic rings. The van der Waals surface area contributed by atoms with E-state index < -0.39 is 16.5 Å². The van der Waals surface area contributed by atoms with Crippen LogP contribution in [-0.2, 0) is 23.0 Å². The zero-order valence-electron chi connectivity index (χ0n) is 12.2. The van der Waals surface area contributed by atoms with Gasteiger partial charge < -0.3 is 14.7 Å². The van der Waals surface area contributed by atoms with Crippen LogP contribution in [0.1, 0.15) is 19.5 Å². The average molecular weight is 298 g/mol. The highest BCUT2D eigenvalue weighted by atomic mass is 16.6. The van der Waals surface area contributed by atoms with E-state index in [-0.39, 0.29) is 12.3 Å². The molecule has 0 bridgehead atoms. The number of aromatic nitrogens is 2. The number of ether oxygens (including phenoxy) is 1. The Balaban J connectivity index is 2.17. The molecule has 0 aromatic carbocycles. The van der Waals surface area contributed by atoms with Gasteiger partial charge in [-0.15, -0.1) is 0 Å². The van der Waals surface area contributed by atoms with Gasteiger partial charge in [0.05, 0.1) is 18.0 Å².